The zero-order valence-electron chi connectivity index (χ0n) is 30.1. The Morgan fingerprint density at radius 3 is 2.14 bits per heavy atom. The molecule has 2 fully saturated rings. The Balaban J connectivity index is 1.23. The predicted octanol–water partition coefficient (Wildman–Crippen LogP) is 8.24. The van der Waals surface area contributed by atoms with E-state index in [9.17, 15) is 14.4 Å². The second kappa shape index (κ2) is 12.8. The summed E-state index contributed by atoms with van der Waals surface area (Å²) in [4.78, 5) is 45.8. The van der Waals surface area contributed by atoms with E-state index in [0.717, 1.165) is 46.2 Å². The Kier molecular flexibility index (Phi) is 8.79. The zero-order chi connectivity index (χ0) is 35.5. The van der Waals surface area contributed by atoms with Crippen molar-refractivity contribution in [3.8, 4) is 11.1 Å². The number of amides is 2. The molecule has 0 spiro atoms. The number of nitrogens with zero attached hydrogens (tertiary/aromatic N) is 2. The molecule has 3 aromatic carbocycles. The highest BCUT2D eigenvalue weighted by molar-refractivity contribution is 6.74. The molecular weight excluding hydrogens is 645 g/mol. The number of fused-ring (bicyclic) bond motifs is 6. The first kappa shape index (κ1) is 34.2. The van der Waals surface area contributed by atoms with E-state index in [4.69, 9.17) is 13.9 Å². The zero-order valence-corrected chi connectivity index (χ0v) is 31.1. The molecule has 0 bridgehead atoms. The van der Waals surface area contributed by atoms with Gasteiger partial charge >= 0.3 is 12.1 Å². The summed E-state index contributed by atoms with van der Waals surface area (Å²) in [7, 11) is -0.456. The largest absolute Gasteiger partial charge is 0.448 e. The topological polar surface area (TPSA) is 85.4 Å². The number of ether oxygens (including phenoxy) is 2. The van der Waals surface area contributed by atoms with Crippen LogP contribution in [0.2, 0.25) is 18.1 Å². The Bertz CT molecular complexity index is 1800. The van der Waals surface area contributed by atoms with Gasteiger partial charge in [-0.15, -0.1) is 0 Å². The van der Waals surface area contributed by atoms with Gasteiger partial charge in [0.1, 0.15) is 12.3 Å². The molecule has 7 rings (SSSR count). The molecule has 0 aromatic heterocycles. The van der Waals surface area contributed by atoms with Gasteiger partial charge in [0.25, 0.3) is 0 Å². The van der Waals surface area contributed by atoms with Crippen LogP contribution < -0.4 is 0 Å². The van der Waals surface area contributed by atoms with Gasteiger partial charge in [-0.3, -0.25) is 4.79 Å². The van der Waals surface area contributed by atoms with Crippen molar-refractivity contribution < 1.29 is 28.3 Å². The summed E-state index contributed by atoms with van der Waals surface area (Å²) in [6.45, 7) is 13.2. The summed E-state index contributed by atoms with van der Waals surface area (Å²) in [5.41, 5.74) is 5.90. The van der Waals surface area contributed by atoms with E-state index >= 15 is 0 Å². The summed E-state index contributed by atoms with van der Waals surface area (Å²) in [6.07, 6.45) is 0.925. The first-order valence-corrected chi connectivity index (χ1v) is 20.8. The molecule has 0 unspecified atom stereocenters. The predicted molar refractivity (Wildman–Crippen MR) is 194 cm³/mol. The molecule has 5 atom stereocenters. The second-order valence-electron chi connectivity index (χ2n) is 15.8. The van der Waals surface area contributed by atoms with Gasteiger partial charge in [0.05, 0.1) is 24.1 Å². The molecule has 2 heterocycles. The van der Waals surface area contributed by atoms with E-state index in [1.165, 1.54) is 0 Å². The normalized spacial score (nSPS) is 23.3. The van der Waals surface area contributed by atoms with Crippen molar-refractivity contribution in [3.63, 3.8) is 0 Å². The molecule has 3 aromatic rings. The quantitative estimate of drug-likeness (QED) is 0.134. The van der Waals surface area contributed by atoms with Crippen molar-refractivity contribution in [1.82, 2.24) is 9.80 Å². The van der Waals surface area contributed by atoms with Crippen molar-refractivity contribution in [3.05, 3.63) is 107 Å². The van der Waals surface area contributed by atoms with Gasteiger partial charge in [-0.1, -0.05) is 106 Å². The van der Waals surface area contributed by atoms with Gasteiger partial charge in [-0.2, -0.15) is 0 Å². The summed E-state index contributed by atoms with van der Waals surface area (Å²) < 4.78 is 19.0. The van der Waals surface area contributed by atoms with Crippen molar-refractivity contribution in [1.29, 1.82) is 0 Å². The minimum atomic E-state index is -2.19. The third-order valence-corrected chi connectivity index (χ3v) is 16.4. The number of hydrogen-bond donors (Lipinski definition) is 0. The van der Waals surface area contributed by atoms with Crippen LogP contribution in [-0.4, -0.2) is 61.3 Å². The van der Waals surface area contributed by atoms with Crippen LogP contribution in [-0.2, 0) is 30.1 Å². The number of esters is 1. The van der Waals surface area contributed by atoms with Gasteiger partial charge in [0, 0.05) is 24.1 Å². The first-order chi connectivity index (χ1) is 23.8. The molecule has 1 saturated carbocycles. The number of hydrogen-bond acceptors (Lipinski definition) is 6. The van der Waals surface area contributed by atoms with Gasteiger partial charge < -0.3 is 23.7 Å². The maximum Gasteiger partial charge on any atom is 0.410 e. The molecule has 2 aliphatic carbocycles. The maximum atomic E-state index is 14.7. The van der Waals surface area contributed by atoms with Crippen LogP contribution in [0.25, 0.3) is 11.1 Å². The molecule has 0 N–H and O–H groups in total. The number of β-lactam (4-membered cyclic amide) rings is 1. The Hall–Kier alpha value is -4.21. The molecular formula is C41H48N2O6Si. The average Bonchev–Trinajstić information content (AvgIpc) is 3.57. The van der Waals surface area contributed by atoms with Crippen molar-refractivity contribution in [2.24, 2.45) is 11.8 Å². The lowest BCUT2D eigenvalue weighted by Crippen LogP contribution is -2.65. The van der Waals surface area contributed by atoms with Gasteiger partial charge in [0.15, 0.2) is 14.4 Å². The summed E-state index contributed by atoms with van der Waals surface area (Å²) in [5.74, 6) is -1.14. The second-order valence-corrected chi connectivity index (χ2v) is 20.5. The van der Waals surface area contributed by atoms with Gasteiger partial charge in [-0.05, 0) is 60.2 Å². The van der Waals surface area contributed by atoms with Gasteiger partial charge in [-0.25, -0.2) is 9.59 Å². The third-order valence-electron chi connectivity index (χ3n) is 11.8. The van der Waals surface area contributed by atoms with Crippen LogP contribution in [0, 0.1) is 11.8 Å². The number of carbonyl (C=O) groups excluding carboxylic acids is 3. The van der Waals surface area contributed by atoms with Crippen molar-refractivity contribution >= 4 is 26.3 Å². The monoisotopic (exact) mass is 692 g/mol. The highest BCUT2D eigenvalue weighted by Crippen LogP contribution is 2.55. The van der Waals surface area contributed by atoms with E-state index in [1.54, 1.807) is 16.8 Å². The van der Waals surface area contributed by atoms with E-state index in [2.05, 4.69) is 33.9 Å². The van der Waals surface area contributed by atoms with Crippen LogP contribution in [0.5, 0.6) is 0 Å². The van der Waals surface area contributed by atoms with E-state index in [-0.39, 0.29) is 41.3 Å². The summed E-state index contributed by atoms with van der Waals surface area (Å²) in [5, 5.41) is -0.0194. The van der Waals surface area contributed by atoms with Gasteiger partial charge in [0.2, 0.25) is 5.91 Å². The summed E-state index contributed by atoms with van der Waals surface area (Å²) >= 11 is 0. The smallest absolute Gasteiger partial charge is 0.410 e. The Morgan fingerprint density at radius 1 is 0.920 bits per heavy atom. The molecule has 2 aliphatic heterocycles. The lowest BCUT2D eigenvalue weighted by Gasteiger charge is -2.51. The SMILES string of the molecule is C[C@@H](O[Si](C)(C)C(C)(C)C)[C@H]1C(=O)N2C(C(=O)OC3c4ccccc4-c4ccccc43)=C3[C@H](CCC[C@@H]3N(C)C(=O)OCc3ccccc3)[C@H]12. The minimum absolute atomic E-state index is 0.0194. The highest BCUT2D eigenvalue weighted by Gasteiger charge is 2.64. The number of benzene rings is 3. The highest BCUT2D eigenvalue weighted by atomic mass is 28.4. The molecule has 50 heavy (non-hydrogen) atoms. The van der Waals surface area contributed by atoms with Crippen LogP contribution in [0.15, 0.2) is 90.1 Å². The van der Waals surface area contributed by atoms with Crippen LogP contribution in [0.3, 0.4) is 0 Å². The Labute approximate surface area is 296 Å². The van der Waals surface area contributed by atoms with Crippen LogP contribution >= 0.6 is 0 Å². The first-order valence-electron chi connectivity index (χ1n) is 17.9. The number of likely N-dealkylation sites (N-methyl/N-ethyl adjacent to an activating group) is 1. The van der Waals surface area contributed by atoms with E-state index in [0.29, 0.717) is 6.42 Å². The van der Waals surface area contributed by atoms with Crippen molar-refractivity contribution in [2.45, 2.75) is 96.0 Å². The molecule has 9 heteroatoms. The molecule has 0 radical (unpaired) electrons. The lowest BCUT2D eigenvalue weighted by molar-refractivity contribution is -0.165. The van der Waals surface area contributed by atoms with E-state index < -0.39 is 38.4 Å². The third kappa shape index (κ3) is 5.68. The van der Waals surface area contributed by atoms with Crippen molar-refractivity contribution in [2.75, 3.05) is 7.05 Å². The lowest BCUT2D eigenvalue weighted by atomic mass is 9.71. The average molecular weight is 693 g/mol. The fourth-order valence-corrected chi connectivity index (χ4v) is 9.73. The van der Waals surface area contributed by atoms with Crippen LogP contribution in [0.1, 0.15) is 69.8 Å². The fraction of sp³-hybridized carbons (Fsp3) is 0.439. The molecule has 262 valence electrons. The number of rotatable bonds is 8. The van der Waals surface area contributed by atoms with Crippen LogP contribution in [0.4, 0.5) is 4.79 Å². The van der Waals surface area contributed by atoms with E-state index in [1.807, 2.05) is 85.8 Å². The fourth-order valence-electron chi connectivity index (χ4n) is 8.30. The summed E-state index contributed by atoms with van der Waals surface area (Å²) in [6, 6.07) is 24.9. The standard InChI is InChI=1S/C41H48N2O6Si/c1-25(49-50(6,7)41(2,3)4)33-35-31-22-15-23-32(42(5)40(46)47-24-26-16-9-8-10-17-26)34(31)36(43(35)38(33)44)39(45)48-37-29-20-13-11-18-27(29)28-19-12-14-21-30(28)37/h8-14,16-21,25,31-33,35,37H,15,22-24H2,1-7H3/t25-,31+,32+,33-,35-/m1/s1. The maximum absolute atomic E-state index is 14.7. The Morgan fingerprint density at radius 2 is 1.52 bits per heavy atom. The molecule has 4 aliphatic rings. The number of carbonyl (C=O) groups is 3. The minimum Gasteiger partial charge on any atom is -0.448 e. The molecule has 8 nitrogen and oxygen atoms in total. The molecule has 1 saturated heterocycles. The molecule has 2 amide bonds.